The average Bonchev–Trinajstić information content (AvgIpc) is 2.82. The van der Waals surface area contributed by atoms with Crippen LogP contribution < -0.4 is 14.4 Å². The number of amides is 2. The molecule has 2 atom stereocenters. The molecule has 0 heterocycles. The molecule has 0 bridgehead atoms. The molecule has 1 N–H and O–H groups in total. The van der Waals surface area contributed by atoms with Crippen molar-refractivity contribution in [2.45, 2.75) is 52.2 Å². The highest BCUT2D eigenvalue weighted by Gasteiger charge is 2.32. The van der Waals surface area contributed by atoms with Gasteiger partial charge < -0.3 is 15.0 Å². The standard InChI is InChI=1S/C25H34BrN3O5S/c1-6-18(3)27-25(31)23(7-2)28(16-19-9-8-10-22(15-19)34-4)24(30)17-29(35(5,32)33)21-13-11-20(26)12-14-21/h8-15,18,23H,6-7,16-17H2,1-5H3,(H,27,31)/t18-,23+/m0/s1. The summed E-state index contributed by atoms with van der Waals surface area (Å²) < 4.78 is 32.4. The fraction of sp³-hybridized carbons (Fsp3) is 0.440. The van der Waals surface area contributed by atoms with Crippen molar-refractivity contribution < 1.29 is 22.7 Å². The Hall–Kier alpha value is -2.59. The predicted molar refractivity (Wildman–Crippen MR) is 142 cm³/mol. The van der Waals surface area contributed by atoms with Crippen molar-refractivity contribution in [3.63, 3.8) is 0 Å². The highest BCUT2D eigenvalue weighted by atomic mass is 79.9. The van der Waals surface area contributed by atoms with Crippen LogP contribution in [0.4, 0.5) is 5.69 Å². The molecule has 0 aliphatic heterocycles. The normalized spacial score (nSPS) is 13.0. The highest BCUT2D eigenvalue weighted by Crippen LogP contribution is 2.23. The number of ether oxygens (including phenoxy) is 1. The van der Waals surface area contributed by atoms with Gasteiger partial charge in [0.1, 0.15) is 18.3 Å². The van der Waals surface area contributed by atoms with Crippen LogP contribution in [0.3, 0.4) is 0 Å². The maximum atomic E-state index is 13.7. The monoisotopic (exact) mass is 567 g/mol. The second kappa shape index (κ2) is 12.9. The van der Waals surface area contributed by atoms with Crippen molar-refractivity contribution in [3.05, 3.63) is 58.6 Å². The molecule has 0 aromatic heterocycles. The van der Waals surface area contributed by atoms with E-state index in [4.69, 9.17) is 4.74 Å². The van der Waals surface area contributed by atoms with Gasteiger partial charge in [-0.1, -0.05) is 41.9 Å². The van der Waals surface area contributed by atoms with Crippen LogP contribution in [0, 0.1) is 0 Å². The van der Waals surface area contributed by atoms with E-state index in [1.807, 2.05) is 32.9 Å². The van der Waals surface area contributed by atoms with Crippen LogP contribution in [0.2, 0.25) is 0 Å². The lowest BCUT2D eigenvalue weighted by atomic mass is 10.1. The predicted octanol–water partition coefficient (Wildman–Crippen LogP) is 3.95. The molecule has 0 spiro atoms. The van der Waals surface area contributed by atoms with Gasteiger partial charge in [-0.2, -0.15) is 0 Å². The van der Waals surface area contributed by atoms with Crippen molar-refractivity contribution in [1.82, 2.24) is 10.2 Å². The number of sulfonamides is 1. The summed E-state index contributed by atoms with van der Waals surface area (Å²) in [4.78, 5) is 28.2. The lowest BCUT2D eigenvalue weighted by molar-refractivity contribution is -0.140. The maximum Gasteiger partial charge on any atom is 0.244 e. The number of rotatable bonds is 12. The molecule has 0 fully saturated rings. The van der Waals surface area contributed by atoms with E-state index in [2.05, 4.69) is 21.2 Å². The summed E-state index contributed by atoms with van der Waals surface area (Å²) >= 11 is 3.34. The molecule has 2 aromatic carbocycles. The molecule has 2 rings (SSSR count). The number of halogens is 1. The first-order valence-electron chi connectivity index (χ1n) is 11.5. The number of carbonyl (C=O) groups is 2. The summed E-state index contributed by atoms with van der Waals surface area (Å²) in [6, 6.07) is 13.1. The molecular formula is C25H34BrN3O5S. The first-order valence-corrected chi connectivity index (χ1v) is 14.1. The zero-order valence-corrected chi connectivity index (χ0v) is 23.2. The zero-order valence-electron chi connectivity index (χ0n) is 20.8. The molecule has 0 unspecified atom stereocenters. The van der Waals surface area contributed by atoms with Crippen molar-refractivity contribution in [2.75, 3.05) is 24.2 Å². The molecule has 0 aliphatic carbocycles. The molecule has 192 valence electrons. The Morgan fingerprint density at radius 1 is 1.09 bits per heavy atom. The van der Waals surface area contributed by atoms with Crippen LogP contribution in [0.1, 0.15) is 39.2 Å². The van der Waals surface area contributed by atoms with E-state index in [0.717, 1.165) is 27.0 Å². The number of nitrogens with one attached hydrogen (secondary N) is 1. The Labute approximate surface area is 216 Å². The van der Waals surface area contributed by atoms with Crippen LogP contribution >= 0.6 is 15.9 Å². The van der Waals surface area contributed by atoms with Crippen LogP contribution in [0.25, 0.3) is 0 Å². The topological polar surface area (TPSA) is 96.0 Å². The molecule has 0 saturated heterocycles. The lowest BCUT2D eigenvalue weighted by Gasteiger charge is -2.33. The number of hydrogen-bond donors (Lipinski definition) is 1. The summed E-state index contributed by atoms with van der Waals surface area (Å²) in [7, 11) is -2.21. The Kier molecular flexibility index (Phi) is 10.6. The Bertz CT molecular complexity index is 1110. The molecule has 2 amide bonds. The second-order valence-electron chi connectivity index (χ2n) is 8.36. The molecular weight excluding hydrogens is 534 g/mol. The summed E-state index contributed by atoms with van der Waals surface area (Å²) in [5.41, 5.74) is 1.13. The van der Waals surface area contributed by atoms with Gasteiger partial charge >= 0.3 is 0 Å². The van der Waals surface area contributed by atoms with E-state index in [-0.39, 0.29) is 18.5 Å². The van der Waals surface area contributed by atoms with Crippen LogP contribution in [0.15, 0.2) is 53.0 Å². The number of benzene rings is 2. The third kappa shape index (κ3) is 8.24. The number of methoxy groups -OCH3 is 1. The van der Waals surface area contributed by atoms with Gasteiger partial charge in [0.2, 0.25) is 21.8 Å². The van der Waals surface area contributed by atoms with Crippen molar-refractivity contribution >= 4 is 43.5 Å². The van der Waals surface area contributed by atoms with Crippen LogP contribution in [0.5, 0.6) is 5.75 Å². The van der Waals surface area contributed by atoms with E-state index in [9.17, 15) is 18.0 Å². The molecule has 2 aromatic rings. The van der Waals surface area contributed by atoms with Gasteiger partial charge in [0.25, 0.3) is 0 Å². The Balaban J connectivity index is 2.44. The van der Waals surface area contributed by atoms with E-state index < -0.39 is 28.5 Å². The van der Waals surface area contributed by atoms with Crippen LogP contribution in [-0.4, -0.2) is 57.1 Å². The van der Waals surface area contributed by atoms with Gasteiger partial charge in [-0.25, -0.2) is 8.42 Å². The Morgan fingerprint density at radius 2 is 1.74 bits per heavy atom. The van der Waals surface area contributed by atoms with E-state index in [1.54, 1.807) is 43.5 Å². The molecule has 0 radical (unpaired) electrons. The number of carbonyl (C=O) groups excluding carboxylic acids is 2. The highest BCUT2D eigenvalue weighted by molar-refractivity contribution is 9.10. The number of anilines is 1. The van der Waals surface area contributed by atoms with Crippen LogP contribution in [-0.2, 0) is 26.2 Å². The molecule has 8 nitrogen and oxygen atoms in total. The smallest absolute Gasteiger partial charge is 0.244 e. The molecule has 10 heteroatoms. The fourth-order valence-corrected chi connectivity index (χ4v) is 4.66. The van der Waals surface area contributed by atoms with Gasteiger partial charge in [-0.05, 0) is 61.7 Å². The zero-order chi connectivity index (χ0) is 26.2. The summed E-state index contributed by atoms with van der Waals surface area (Å²) in [6.07, 6.45) is 2.17. The summed E-state index contributed by atoms with van der Waals surface area (Å²) in [6.45, 7) is 5.39. The fourth-order valence-electron chi connectivity index (χ4n) is 3.55. The minimum atomic E-state index is -3.77. The average molecular weight is 569 g/mol. The van der Waals surface area contributed by atoms with E-state index >= 15 is 0 Å². The van der Waals surface area contributed by atoms with Crippen molar-refractivity contribution in [2.24, 2.45) is 0 Å². The van der Waals surface area contributed by atoms with Gasteiger partial charge in [0, 0.05) is 17.1 Å². The first-order chi connectivity index (χ1) is 16.5. The number of nitrogens with zero attached hydrogens (tertiary/aromatic N) is 2. The van der Waals surface area contributed by atoms with E-state index in [1.165, 1.54) is 4.90 Å². The first kappa shape index (κ1) is 28.6. The van der Waals surface area contributed by atoms with Gasteiger partial charge in [-0.15, -0.1) is 0 Å². The quantitative estimate of drug-likeness (QED) is 0.419. The van der Waals surface area contributed by atoms with E-state index in [0.29, 0.717) is 17.9 Å². The van der Waals surface area contributed by atoms with Crippen molar-refractivity contribution in [1.29, 1.82) is 0 Å². The lowest BCUT2D eigenvalue weighted by Crippen LogP contribution is -2.53. The molecule has 35 heavy (non-hydrogen) atoms. The third-order valence-corrected chi connectivity index (χ3v) is 7.34. The van der Waals surface area contributed by atoms with Gasteiger partial charge in [0.15, 0.2) is 0 Å². The molecule has 0 aliphatic rings. The second-order valence-corrected chi connectivity index (χ2v) is 11.2. The van der Waals surface area contributed by atoms with Crippen molar-refractivity contribution in [3.8, 4) is 5.75 Å². The minimum absolute atomic E-state index is 0.0550. The SMILES string of the molecule is CC[C@H](C(=O)N[C@@H](C)CC)N(Cc1cccc(OC)c1)C(=O)CN(c1ccc(Br)cc1)S(C)(=O)=O. The van der Waals surface area contributed by atoms with Gasteiger partial charge in [-0.3, -0.25) is 13.9 Å². The third-order valence-electron chi connectivity index (χ3n) is 5.67. The van der Waals surface area contributed by atoms with Gasteiger partial charge in [0.05, 0.1) is 19.1 Å². The minimum Gasteiger partial charge on any atom is -0.497 e. The Morgan fingerprint density at radius 3 is 2.29 bits per heavy atom. The summed E-state index contributed by atoms with van der Waals surface area (Å²) in [5.74, 6) is -0.125. The number of hydrogen-bond acceptors (Lipinski definition) is 5. The summed E-state index contributed by atoms with van der Waals surface area (Å²) in [5, 5.41) is 2.95. The molecule has 0 saturated carbocycles. The maximum absolute atomic E-state index is 13.7. The largest absolute Gasteiger partial charge is 0.497 e.